The summed E-state index contributed by atoms with van der Waals surface area (Å²) in [6, 6.07) is 2.55. The molecule has 0 atom stereocenters. The standard InChI is InChI=1S/C13H20N2O5S.ClH/c1-3-19-13(16)11-4-5-12(20-11)21(17,18)15(2)10-6-8-14-9-7-10;/h4-5,10,14H,3,6-9H2,1-2H3;1H. The van der Waals surface area contributed by atoms with Crippen molar-refractivity contribution < 1.29 is 22.4 Å². The van der Waals surface area contributed by atoms with Crippen molar-refractivity contribution in [1.82, 2.24) is 9.62 Å². The Hall–Kier alpha value is -1.09. The number of halogens is 1. The van der Waals surface area contributed by atoms with Crippen LogP contribution in [-0.4, -0.2) is 51.5 Å². The van der Waals surface area contributed by atoms with Crippen molar-refractivity contribution in [3.8, 4) is 0 Å². The average Bonchev–Trinajstić information content (AvgIpc) is 2.98. The molecule has 0 aliphatic carbocycles. The van der Waals surface area contributed by atoms with E-state index in [2.05, 4.69) is 5.32 Å². The Balaban J connectivity index is 0.00000242. The number of carbonyl (C=O) groups excluding carboxylic acids is 1. The maximum absolute atomic E-state index is 12.5. The molecular formula is C13H21ClN2O5S. The van der Waals surface area contributed by atoms with E-state index in [-0.39, 0.29) is 35.9 Å². The summed E-state index contributed by atoms with van der Waals surface area (Å²) in [6.07, 6.45) is 1.50. The molecule has 7 nitrogen and oxygen atoms in total. The van der Waals surface area contributed by atoms with E-state index in [0.717, 1.165) is 25.9 Å². The molecule has 1 aromatic rings. The zero-order valence-electron chi connectivity index (χ0n) is 12.6. The first kappa shape index (κ1) is 19.0. The van der Waals surface area contributed by atoms with Crippen LogP contribution in [0.25, 0.3) is 0 Å². The number of sulfonamides is 1. The number of esters is 1. The Morgan fingerprint density at radius 2 is 2.05 bits per heavy atom. The van der Waals surface area contributed by atoms with Crippen molar-refractivity contribution in [2.45, 2.75) is 30.9 Å². The summed E-state index contributed by atoms with van der Waals surface area (Å²) in [5, 5.41) is 2.96. The van der Waals surface area contributed by atoms with Crippen LogP contribution in [-0.2, 0) is 14.8 Å². The molecule has 1 aliphatic heterocycles. The molecule has 1 fully saturated rings. The summed E-state index contributed by atoms with van der Waals surface area (Å²) in [6.45, 7) is 3.45. The van der Waals surface area contributed by atoms with Crippen molar-refractivity contribution in [3.05, 3.63) is 17.9 Å². The highest BCUT2D eigenvalue weighted by atomic mass is 35.5. The van der Waals surface area contributed by atoms with Crippen LogP contribution in [0, 0.1) is 0 Å². The number of hydrogen-bond donors (Lipinski definition) is 1. The van der Waals surface area contributed by atoms with E-state index < -0.39 is 16.0 Å². The Morgan fingerprint density at radius 3 is 2.64 bits per heavy atom. The molecule has 1 N–H and O–H groups in total. The molecule has 0 radical (unpaired) electrons. The van der Waals surface area contributed by atoms with Crippen molar-refractivity contribution in [3.63, 3.8) is 0 Å². The average molecular weight is 353 g/mol. The van der Waals surface area contributed by atoms with Gasteiger partial charge >= 0.3 is 5.97 Å². The first-order chi connectivity index (χ1) is 9.96. The number of nitrogens with one attached hydrogen (secondary N) is 1. The summed E-state index contributed by atoms with van der Waals surface area (Å²) < 4.78 is 36.2. The van der Waals surface area contributed by atoms with Gasteiger partial charge in [0.15, 0.2) is 0 Å². The monoisotopic (exact) mass is 352 g/mol. The summed E-state index contributed by atoms with van der Waals surface area (Å²) in [4.78, 5) is 11.5. The van der Waals surface area contributed by atoms with E-state index in [1.807, 2.05) is 0 Å². The molecule has 2 heterocycles. The van der Waals surface area contributed by atoms with Crippen LogP contribution in [0.2, 0.25) is 0 Å². The molecule has 0 saturated carbocycles. The van der Waals surface area contributed by atoms with Gasteiger partial charge in [-0.1, -0.05) is 0 Å². The highest BCUT2D eigenvalue weighted by molar-refractivity contribution is 7.89. The third-order valence-corrected chi connectivity index (χ3v) is 5.30. The van der Waals surface area contributed by atoms with E-state index in [4.69, 9.17) is 9.15 Å². The molecular weight excluding hydrogens is 332 g/mol. The SMILES string of the molecule is CCOC(=O)c1ccc(S(=O)(=O)N(C)C2CCNCC2)o1.Cl. The van der Waals surface area contributed by atoms with Crippen LogP contribution in [0.1, 0.15) is 30.3 Å². The maximum Gasteiger partial charge on any atom is 0.374 e. The van der Waals surface area contributed by atoms with Gasteiger partial charge < -0.3 is 14.5 Å². The molecule has 1 aliphatic rings. The van der Waals surface area contributed by atoms with E-state index in [1.54, 1.807) is 6.92 Å². The molecule has 126 valence electrons. The lowest BCUT2D eigenvalue weighted by molar-refractivity contribution is 0.0483. The van der Waals surface area contributed by atoms with E-state index >= 15 is 0 Å². The third kappa shape index (κ3) is 4.01. The molecule has 0 unspecified atom stereocenters. The van der Waals surface area contributed by atoms with Gasteiger partial charge in [-0.2, -0.15) is 4.31 Å². The Kier molecular flexibility index (Phi) is 6.86. The molecule has 1 aromatic heterocycles. The molecule has 0 spiro atoms. The fraction of sp³-hybridized carbons (Fsp3) is 0.615. The van der Waals surface area contributed by atoms with Gasteiger partial charge in [0, 0.05) is 13.1 Å². The Morgan fingerprint density at radius 1 is 1.41 bits per heavy atom. The lowest BCUT2D eigenvalue weighted by atomic mass is 10.1. The zero-order valence-corrected chi connectivity index (χ0v) is 14.2. The van der Waals surface area contributed by atoms with Crippen molar-refractivity contribution in [2.75, 3.05) is 26.7 Å². The predicted molar refractivity (Wildman–Crippen MR) is 82.8 cm³/mol. The minimum atomic E-state index is -3.74. The summed E-state index contributed by atoms with van der Waals surface area (Å²) in [5.41, 5.74) is 0. The van der Waals surface area contributed by atoms with Gasteiger partial charge in [-0.25, -0.2) is 13.2 Å². The molecule has 0 aromatic carbocycles. The number of ether oxygens (including phenoxy) is 1. The fourth-order valence-electron chi connectivity index (χ4n) is 2.28. The quantitative estimate of drug-likeness (QED) is 0.802. The normalized spacial score (nSPS) is 16.3. The molecule has 9 heteroatoms. The Labute approximate surface area is 136 Å². The number of nitrogens with zero attached hydrogens (tertiary/aromatic N) is 1. The van der Waals surface area contributed by atoms with Crippen LogP contribution in [0.15, 0.2) is 21.6 Å². The van der Waals surface area contributed by atoms with Crippen molar-refractivity contribution >= 4 is 28.4 Å². The van der Waals surface area contributed by atoms with Gasteiger partial charge in [0.2, 0.25) is 10.9 Å². The number of piperidine rings is 1. The van der Waals surface area contributed by atoms with Crippen LogP contribution >= 0.6 is 12.4 Å². The summed E-state index contributed by atoms with van der Waals surface area (Å²) in [7, 11) is -2.20. The van der Waals surface area contributed by atoms with Gasteiger partial charge in [0.05, 0.1) is 6.61 Å². The first-order valence-electron chi connectivity index (χ1n) is 6.92. The van der Waals surface area contributed by atoms with Gasteiger partial charge in [0.1, 0.15) is 0 Å². The number of furan rings is 1. The van der Waals surface area contributed by atoms with E-state index in [9.17, 15) is 13.2 Å². The summed E-state index contributed by atoms with van der Waals surface area (Å²) in [5.74, 6) is -0.766. The largest absolute Gasteiger partial charge is 0.460 e. The second-order valence-electron chi connectivity index (χ2n) is 4.84. The van der Waals surface area contributed by atoms with Crippen molar-refractivity contribution in [2.24, 2.45) is 0 Å². The van der Waals surface area contributed by atoms with Gasteiger partial charge in [-0.05, 0) is 45.0 Å². The molecule has 1 saturated heterocycles. The second kappa shape index (κ2) is 7.96. The molecule has 2 rings (SSSR count). The zero-order chi connectivity index (χ0) is 15.5. The molecule has 22 heavy (non-hydrogen) atoms. The van der Waals surface area contributed by atoms with Crippen molar-refractivity contribution in [1.29, 1.82) is 0 Å². The Bertz CT molecular complexity index is 595. The molecule has 0 amide bonds. The van der Waals surface area contributed by atoms with Gasteiger partial charge in [-0.3, -0.25) is 0 Å². The smallest absolute Gasteiger partial charge is 0.374 e. The van der Waals surface area contributed by atoms with Crippen LogP contribution in [0.3, 0.4) is 0 Å². The molecule has 0 bridgehead atoms. The lowest BCUT2D eigenvalue weighted by Crippen LogP contribution is -2.43. The topological polar surface area (TPSA) is 88.9 Å². The highest BCUT2D eigenvalue weighted by Gasteiger charge is 2.32. The highest BCUT2D eigenvalue weighted by Crippen LogP contribution is 2.22. The predicted octanol–water partition coefficient (Wildman–Crippen LogP) is 1.25. The lowest BCUT2D eigenvalue weighted by Gasteiger charge is -2.30. The van der Waals surface area contributed by atoms with Crippen LogP contribution in [0.4, 0.5) is 0 Å². The third-order valence-electron chi connectivity index (χ3n) is 3.51. The van der Waals surface area contributed by atoms with E-state index in [0.29, 0.717) is 0 Å². The number of carbonyl (C=O) groups is 1. The maximum atomic E-state index is 12.5. The van der Waals surface area contributed by atoms with Crippen LogP contribution < -0.4 is 5.32 Å². The minimum Gasteiger partial charge on any atom is -0.460 e. The fourth-order valence-corrected chi connectivity index (χ4v) is 3.60. The van der Waals surface area contributed by atoms with Crippen LogP contribution in [0.5, 0.6) is 0 Å². The number of rotatable bonds is 5. The second-order valence-corrected chi connectivity index (χ2v) is 6.77. The van der Waals surface area contributed by atoms with Gasteiger partial charge in [-0.15, -0.1) is 12.4 Å². The summed E-state index contributed by atoms with van der Waals surface area (Å²) >= 11 is 0. The van der Waals surface area contributed by atoms with Gasteiger partial charge in [0.25, 0.3) is 10.0 Å². The number of hydrogen-bond acceptors (Lipinski definition) is 6. The first-order valence-corrected chi connectivity index (χ1v) is 8.36. The minimum absolute atomic E-state index is 0. The van der Waals surface area contributed by atoms with E-state index in [1.165, 1.54) is 23.5 Å².